The highest BCUT2D eigenvalue weighted by molar-refractivity contribution is 5.69. The molecule has 0 aliphatic rings. The topological polar surface area (TPSA) is 81.5 Å². The number of rotatable bonds is 8. The fourth-order valence-electron chi connectivity index (χ4n) is 1.97. The Morgan fingerprint density at radius 2 is 1.91 bits per heavy atom. The maximum Gasteiger partial charge on any atom is 0.306 e. The second-order valence-corrected chi connectivity index (χ2v) is 6.10. The Morgan fingerprint density at radius 3 is 2.55 bits per heavy atom. The Morgan fingerprint density at radius 1 is 1.23 bits per heavy atom. The van der Waals surface area contributed by atoms with Gasteiger partial charge in [-0.05, 0) is 39.7 Å². The molecule has 1 N–H and O–H groups in total. The molecule has 1 rings (SSSR count). The van der Waals surface area contributed by atoms with E-state index in [2.05, 4.69) is 5.32 Å². The summed E-state index contributed by atoms with van der Waals surface area (Å²) in [6.07, 6.45) is 2.87. The first-order valence-electron chi connectivity index (χ1n) is 7.49. The van der Waals surface area contributed by atoms with E-state index in [1.807, 2.05) is 20.8 Å². The summed E-state index contributed by atoms with van der Waals surface area (Å²) in [5, 5.41) is 13.9. The third kappa shape index (κ3) is 7.06. The maximum absolute atomic E-state index is 11.5. The predicted octanol–water partition coefficient (Wildman–Crippen LogP) is 3.91. The monoisotopic (exact) mass is 308 g/mol. The van der Waals surface area contributed by atoms with Gasteiger partial charge in [0.15, 0.2) is 0 Å². The van der Waals surface area contributed by atoms with E-state index in [-0.39, 0.29) is 11.7 Å². The van der Waals surface area contributed by atoms with Gasteiger partial charge in [-0.2, -0.15) is 0 Å². The minimum absolute atomic E-state index is 0.0799. The molecule has 6 heteroatoms. The minimum atomic E-state index is -0.440. The van der Waals surface area contributed by atoms with Crippen molar-refractivity contribution in [1.82, 2.24) is 0 Å². The highest BCUT2D eigenvalue weighted by atomic mass is 16.6. The van der Waals surface area contributed by atoms with Crippen LogP contribution < -0.4 is 5.32 Å². The zero-order chi connectivity index (χ0) is 16.6. The first-order chi connectivity index (χ1) is 10.3. The van der Waals surface area contributed by atoms with Gasteiger partial charge in [-0.25, -0.2) is 0 Å². The third-order valence-corrected chi connectivity index (χ3v) is 2.89. The van der Waals surface area contributed by atoms with Crippen LogP contribution in [0.4, 0.5) is 11.4 Å². The van der Waals surface area contributed by atoms with Crippen molar-refractivity contribution in [3.8, 4) is 0 Å². The van der Waals surface area contributed by atoms with E-state index in [0.29, 0.717) is 18.7 Å². The molecule has 0 amide bonds. The van der Waals surface area contributed by atoms with Crippen LogP contribution in [0.15, 0.2) is 24.3 Å². The second-order valence-electron chi connectivity index (χ2n) is 6.10. The SMILES string of the molecule is CC(C)(C)OC(=O)CCCCCNc1ccccc1[N+](=O)[O-]. The first kappa shape index (κ1) is 17.9. The number of benzene rings is 1. The number of carbonyl (C=O) groups is 1. The fourth-order valence-corrected chi connectivity index (χ4v) is 1.97. The normalized spacial score (nSPS) is 11.0. The number of para-hydroxylation sites is 2. The molecule has 0 saturated carbocycles. The van der Waals surface area contributed by atoms with Crippen LogP contribution in [0.1, 0.15) is 46.5 Å². The van der Waals surface area contributed by atoms with E-state index in [0.717, 1.165) is 19.3 Å². The molecule has 0 unspecified atom stereocenters. The minimum Gasteiger partial charge on any atom is -0.460 e. The molecule has 0 radical (unpaired) electrons. The molecular weight excluding hydrogens is 284 g/mol. The number of esters is 1. The zero-order valence-corrected chi connectivity index (χ0v) is 13.4. The smallest absolute Gasteiger partial charge is 0.306 e. The highest BCUT2D eigenvalue weighted by Gasteiger charge is 2.15. The summed E-state index contributed by atoms with van der Waals surface area (Å²) >= 11 is 0. The lowest BCUT2D eigenvalue weighted by Gasteiger charge is -2.19. The van der Waals surface area contributed by atoms with E-state index < -0.39 is 10.5 Å². The molecule has 0 aromatic heterocycles. The summed E-state index contributed by atoms with van der Waals surface area (Å²) < 4.78 is 5.23. The molecule has 0 fully saturated rings. The molecule has 0 bridgehead atoms. The zero-order valence-electron chi connectivity index (χ0n) is 13.4. The van der Waals surface area contributed by atoms with Gasteiger partial charge in [0.1, 0.15) is 11.3 Å². The fraction of sp³-hybridized carbons (Fsp3) is 0.562. The van der Waals surface area contributed by atoms with Crippen molar-refractivity contribution < 1.29 is 14.5 Å². The lowest BCUT2D eigenvalue weighted by atomic mass is 10.1. The van der Waals surface area contributed by atoms with Crippen LogP contribution in [0.2, 0.25) is 0 Å². The lowest BCUT2D eigenvalue weighted by Crippen LogP contribution is -2.23. The maximum atomic E-state index is 11.5. The van der Waals surface area contributed by atoms with Gasteiger partial charge in [-0.3, -0.25) is 14.9 Å². The number of hydrogen-bond donors (Lipinski definition) is 1. The first-order valence-corrected chi connectivity index (χ1v) is 7.49. The van der Waals surface area contributed by atoms with Gasteiger partial charge in [0.25, 0.3) is 5.69 Å². The summed E-state index contributed by atoms with van der Waals surface area (Å²) in [4.78, 5) is 22.0. The molecule has 122 valence electrons. The summed E-state index contributed by atoms with van der Waals surface area (Å²) in [5.41, 5.74) is 0.168. The van der Waals surface area contributed by atoms with E-state index in [9.17, 15) is 14.9 Å². The van der Waals surface area contributed by atoms with Crippen LogP contribution in [0.5, 0.6) is 0 Å². The highest BCUT2D eigenvalue weighted by Crippen LogP contribution is 2.23. The van der Waals surface area contributed by atoms with Gasteiger partial charge in [0.05, 0.1) is 4.92 Å². The number of nitro benzene ring substituents is 1. The molecule has 1 aromatic carbocycles. The van der Waals surface area contributed by atoms with Crippen LogP contribution in [0.25, 0.3) is 0 Å². The van der Waals surface area contributed by atoms with E-state index in [1.54, 1.807) is 18.2 Å². The number of unbranched alkanes of at least 4 members (excludes halogenated alkanes) is 2. The van der Waals surface area contributed by atoms with Gasteiger partial charge in [0.2, 0.25) is 0 Å². The van der Waals surface area contributed by atoms with Crippen molar-refractivity contribution >= 4 is 17.3 Å². The number of hydrogen-bond acceptors (Lipinski definition) is 5. The molecule has 6 nitrogen and oxygen atoms in total. The number of carbonyl (C=O) groups excluding carboxylic acids is 1. The number of anilines is 1. The van der Waals surface area contributed by atoms with Gasteiger partial charge >= 0.3 is 5.97 Å². The van der Waals surface area contributed by atoms with Crippen molar-refractivity contribution in [1.29, 1.82) is 0 Å². The van der Waals surface area contributed by atoms with Gasteiger partial charge < -0.3 is 10.1 Å². The van der Waals surface area contributed by atoms with E-state index >= 15 is 0 Å². The lowest BCUT2D eigenvalue weighted by molar-refractivity contribution is -0.384. The Kier molecular flexibility index (Phi) is 6.82. The summed E-state index contributed by atoms with van der Waals surface area (Å²) in [6.45, 7) is 6.18. The molecular formula is C16H24N2O4. The van der Waals surface area contributed by atoms with Crippen LogP contribution in [-0.2, 0) is 9.53 Å². The van der Waals surface area contributed by atoms with Crippen molar-refractivity contribution in [2.75, 3.05) is 11.9 Å². The number of nitrogens with one attached hydrogen (secondary N) is 1. The van der Waals surface area contributed by atoms with Crippen LogP contribution in [0.3, 0.4) is 0 Å². The van der Waals surface area contributed by atoms with Crippen molar-refractivity contribution in [3.63, 3.8) is 0 Å². The number of ether oxygens (including phenoxy) is 1. The average molecular weight is 308 g/mol. The largest absolute Gasteiger partial charge is 0.460 e. The molecule has 1 aromatic rings. The van der Waals surface area contributed by atoms with Crippen LogP contribution in [0, 0.1) is 10.1 Å². The van der Waals surface area contributed by atoms with Gasteiger partial charge in [-0.15, -0.1) is 0 Å². The molecule has 0 spiro atoms. The van der Waals surface area contributed by atoms with Crippen LogP contribution in [-0.4, -0.2) is 23.0 Å². The predicted molar refractivity (Wildman–Crippen MR) is 85.9 cm³/mol. The number of nitrogens with zero attached hydrogens (tertiary/aromatic N) is 1. The Labute approximate surface area is 131 Å². The molecule has 0 heterocycles. The number of nitro groups is 1. The molecule has 0 aliphatic carbocycles. The quantitative estimate of drug-likeness (QED) is 0.341. The third-order valence-electron chi connectivity index (χ3n) is 2.89. The van der Waals surface area contributed by atoms with Crippen LogP contribution >= 0.6 is 0 Å². The van der Waals surface area contributed by atoms with Gasteiger partial charge in [-0.1, -0.05) is 18.6 Å². The van der Waals surface area contributed by atoms with Crippen molar-refractivity contribution in [3.05, 3.63) is 34.4 Å². The van der Waals surface area contributed by atoms with Crippen molar-refractivity contribution in [2.24, 2.45) is 0 Å². The second kappa shape index (κ2) is 8.36. The van der Waals surface area contributed by atoms with Crippen molar-refractivity contribution in [2.45, 2.75) is 52.1 Å². The summed E-state index contributed by atoms with van der Waals surface area (Å²) in [6, 6.07) is 6.58. The average Bonchev–Trinajstić information content (AvgIpc) is 2.41. The summed E-state index contributed by atoms with van der Waals surface area (Å²) in [5.74, 6) is -0.181. The molecule has 0 atom stereocenters. The standard InChI is InChI=1S/C16H24N2O4/c1-16(2,3)22-15(19)11-5-4-8-12-17-13-9-6-7-10-14(13)18(20)21/h6-7,9-10,17H,4-5,8,11-12H2,1-3H3. The Bertz CT molecular complexity index is 509. The Balaban J connectivity index is 2.21. The van der Waals surface area contributed by atoms with E-state index in [1.165, 1.54) is 6.07 Å². The Hall–Kier alpha value is -2.11. The van der Waals surface area contributed by atoms with Gasteiger partial charge in [0, 0.05) is 19.0 Å². The molecule has 0 saturated heterocycles. The molecule has 22 heavy (non-hydrogen) atoms. The summed E-state index contributed by atoms with van der Waals surface area (Å²) in [7, 11) is 0. The van der Waals surface area contributed by atoms with E-state index in [4.69, 9.17) is 4.74 Å². The molecule has 0 aliphatic heterocycles.